The molecule has 0 saturated carbocycles. The maximum absolute atomic E-state index is 12.4. The summed E-state index contributed by atoms with van der Waals surface area (Å²) in [5, 5.41) is 14.5. The number of piperidine rings is 1. The summed E-state index contributed by atoms with van der Waals surface area (Å²) in [5.41, 5.74) is 2.82. The lowest BCUT2D eigenvalue weighted by atomic mass is 10.1. The van der Waals surface area contributed by atoms with E-state index in [1.54, 1.807) is 6.20 Å². The smallest absolute Gasteiger partial charge is 0.273 e. The van der Waals surface area contributed by atoms with Gasteiger partial charge in [-0.1, -0.05) is 29.5 Å². The first-order chi connectivity index (χ1) is 13.3. The van der Waals surface area contributed by atoms with Gasteiger partial charge < -0.3 is 10.6 Å². The molecule has 1 amide bonds. The van der Waals surface area contributed by atoms with Gasteiger partial charge in [0.2, 0.25) is 0 Å². The molecule has 1 aromatic carbocycles. The molecule has 27 heavy (non-hydrogen) atoms. The molecule has 2 aliphatic heterocycles. The number of amides is 1. The molecule has 3 heterocycles. The van der Waals surface area contributed by atoms with Gasteiger partial charge in [-0.05, 0) is 63.0 Å². The van der Waals surface area contributed by atoms with Gasteiger partial charge in [0.15, 0.2) is 5.69 Å². The first kappa shape index (κ1) is 18.1. The maximum atomic E-state index is 12.4. The minimum absolute atomic E-state index is 0.170. The van der Waals surface area contributed by atoms with E-state index in [0.717, 1.165) is 38.0 Å². The first-order valence-electron chi connectivity index (χ1n) is 9.99. The Kier molecular flexibility index (Phi) is 5.79. The van der Waals surface area contributed by atoms with Crippen LogP contribution in [-0.2, 0) is 13.1 Å². The summed E-state index contributed by atoms with van der Waals surface area (Å²) in [6, 6.07) is 8.85. The van der Waals surface area contributed by atoms with Crippen LogP contribution in [-0.4, -0.2) is 52.0 Å². The van der Waals surface area contributed by atoms with Crippen LogP contribution in [0.4, 0.5) is 0 Å². The minimum Gasteiger partial charge on any atom is -0.347 e. The number of rotatable bonds is 6. The summed E-state index contributed by atoms with van der Waals surface area (Å²) in [6.45, 7) is 5.90. The van der Waals surface area contributed by atoms with Crippen LogP contribution in [0.3, 0.4) is 0 Å². The quantitative estimate of drug-likeness (QED) is 0.812. The Morgan fingerprint density at radius 1 is 1.11 bits per heavy atom. The fraction of sp³-hybridized carbons (Fsp3) is 0.550. The molecule has 1 aromatic heterocycles. The zero-order valence-corrected chi connectivity index (χ0v) is 15.7. The van der Waals surface area contributed by atoms with E-state index in [0.29, 0.717) is 18.3 Å². The number of hydrogen-bond donors (Lipinski definition) is 2. The van der Waals surface area contributed by atoms with E-state index >= 15 is 0 Å². The van der Waals surface area contributed by atoms with E-state index in [-0.39, 0.29) is 5.91 Å². The summed E-state index contributed by atoms with van der Waals surface area (Å²) in [4.78, 5) is 14.9. The summed E-state index contributed by atoms with van der Waals surface area (Å²) < 4.78 is 1.84. The Hall–Kier alpha value is -2.25. The number of nitrogens with zero attached hydrogens (tertiary/aromatic N) is 4. The van der Waals surface area contributed by atoms with E-state index in [9.17, 15) is 4.79 Å². The highest BCUT2D eigenvalue weighted by Crippen LogP contribution is 2.17. The van der Waals surface area contributed by atoms with Gasteiger partial charge in [0.25, 0.3) is 5.91 Å². The van der Waals surface area contributed by atoms with Crippen LogP contribution in [0.1, 0.15) is 53.3 Å². The number of benzene rings is 1. The Morgan fingerprint density at radius 3 is 2.56 bits per heavy atom. The van der Waals surface area contributed by atoms with E-state index < -0.39 is 0 Å². The van der Waals surface area contributed by atoms with E-state index in [4.69, 9.17) is 0 Å². The minimum atomic E-state index is -0.170. The third kappa shape index (κ3) is 4.73. The van der Waals surface area contributed by atoms with Gasteiger partial charge in [0.05, 0.1) is 12.2 Å². The number of likely N-dealkylation sites (tertiary alicyclic amines) is 1. The van der Waals surface area contributed by atoms with Crippen LogP contribution in [0, 0.1) is 0 Å². The van der Waals surface area contributed by atoms with Crippen LogP contribution < -0.4 is 10.6 Å². The fourth-order valence-corrected chi connectivity index (χ4v) is 3.86. The molecular weight excluding hydrogens is 340 g/mol. The van der Waals surface area contributed by atoms with Crippen LogP contribution in [0.25, 0.3) is 0 Å². The van der Waals surface area contributed by atoms with Crippen molar-refractivity contribution in [1.29, 1.82) is 0 Å². The molecule has 0 spiro atoms. The molecule has 0 aliphatic carbocycles. The SMILES string of the molecule is O=C(NCc1ccc(CN2CCCC2)cc1)c1cn(C2CCNCC2)nn1. The monoisotopic (exact) mass is 368 g/mol. The standard InChI is InChI=1S/C20H28N6O/c27-20(19-15-26(24-23-19)18-7-9-21-10-8-18)22-13-16-3-5-17(6-4-16)14-25-11-1-2-12-25/h3-6,15,18,21H,1-2,7-14H2,(H,22,27). The average Bonchev–Trinajstić information content (AvgIpc) is 3.40. The van der Waals surface area contributed by atoms with Crippen LogP contribution in [0.2, 0.25) is 0 Å². The van der Waals surface area contributed by atoms with Crippen molar-refractivity contribution in [2.75, 3.05) is 26.2 Å². The second-order valence-corrected chi connectivity index (χ2v) is 7.55. The zero-order valence-electron chi connectivity index (χ0n) is 15.7. The lowest BCUT2D eigenvalue weighted by Crippen LogP contribution is -2.29. The van der Waals surface area contributed by atoms with Gasteiger partial charge in [-0.25, -0.2) is 4.68 Å². The predicted molar refractivity (Wildman–Crippen MR) is 103 cm³/mol. The normalized spacial score (nSPS) is 18.7. The largest absolute Gasteiger partial charge is 0.347 e. The topological polar surface area (TPSA) is 75.1 Å². The molecule has 2 fully saturated rings. The highest BCUT2D eigenvalue weighted by molar-refractivity contribution is 5.91. The first-order valence-corrected chi connectivity index (χ1v) is 9.99. The molecule has 2 aromatic rings. The zero-order chi connectivity index (χ0) is 18.5. The molecule has 0 unspecified atom stereocenters. The molecular formula is C20H28N6O. The van der Waals surface area contributed by atoms with Crippen LogP contribution in [0.5, 0.6) is 0 Å². The van der Waals surface area contributed by atoms with Crippen molar-refractivity contribution in [2.24, 2.45) is 0 Å². The highest BCUT2D eigenvalue weighted by Gasteiger charge is 2.18. The molecule has 144 valence electrons. The van der Waals surface area contributed by atoms with Gasteiger partial charge >= 0.3 is 0 Å². The maximum Gasteiger partial charge on any atom is 0.273 e. The van der Waals surface area contributed by atoms with Gasteiger partial charge in [0, 0.05) is 13.1 Å². The van der Waals surface area contributed by atoms with Crippen molar-refractivity contribution in [3.05, 3.63) is 47.3 Å². The number of aromatic nitrogens is 3. The molecule has 2 saturated heterocycles. The van der Waals surface area contributed by atoms with E-state index in [1.807, 2.05) is 4.68 Å². The summed E-state index contributed by atoms with van der Waals surface area (Å²) in [5.74, 6) is -0.170. The number of nitrogens with one attached hydrogen (secondary N) is 2. The fourth-order valence-electron chi connectivity index (χ4n) is 3.86. The van der Waals surface area contributed by atoms with Crippen molar-refractivity contribution in [2.45, 2.75) is 44.8 Å². The van der Waals surface area contributed by atoms with Crippen molar-refractivity contribution in [3.63, 3.8) is 0 Å². The molecule has 4 rings (SSSR count). The molecule has 7 heteroatoms. The molecule has 2 aliphatic rings. The lowest BCUT2D eigenvalue weighted by molar-refractivity contribution is 0.0946. The van der Waals surface area contributed by atoms with Crippen molar-refractivity contribution < 1.29 is 4.79 Å². The Balaban J connectivity index is 1.28. The predicted octanol–water partition coefficient (Wildman–Crippen LogP) is 1.73. The van der Waals surface area contributed by atoms with E-state index in [2.05, 4.69) is 50.1 Å². The summed E-state index contributed by atoms with van der Waals surface area (Å²) in [6.07, 6.45) is 6.44. The van der Waals surface area contributed by atoms with Gasteiger partial charge in [-0.15, -0.1) is 5.10 Å². The molecule has 7 nitrogen and oxygen atoms in total. The average molecular weight is 368 g/mol. The lowest BCUT2D eigenvalue weighted by Gasteiger charge is -2.22. The van der Waals surface area contributed by atoms with Gasteiger partial charge in [0.1, 0.15) is 0 Å². The van der Waals surface area contributed by atoms with Crippen molar-refractivity contribution in [1.82, 2.24) is 30.5 Å². The summed E-state index contributed by atoms with van der Waals surface area (Å²) in [7, 11) is 0. The Labute approximate surface area is 160 Å². The third-order valence-corrected chi connectivity index (χ3v) is 5.51. The Bertz CT molecular complexity index is 744. The van der Waals surface area contributed by atoms with Crippen LogP contribution in [0.15, 0.2) is 30.5 Å². The van der Waals surface area contributed by atoms with E-state index in [1.165, 1.54) is 31.5 Å². The number of carbonyl (C=O) groups excluding carboxylic acids is 1. The van der Waals surface area contributed by atoms with Crippen molar-refractivity contribution in [3.8, 4) is 0 Å². The van der Waals surface area contributed by atoms with Crippen molar-refractivity contribution >= 4 is 5.91 Å². The second-order valence-electron chi connectivity index (χ2n) is 7.55. The summed E-state index contributed by atoms with van der Waals surface area (Å²) >= 11 is 0. The highest BCUT2D eigenvalue weighted by atomic mass is 16.2. The molecule has 0 radical (unpaired) electrons. The molecule has 0 bridgehead atoms. The van der Waals surface area contributed by atoms with Crippen LogP contribution >= 0.6 is 0 Å². The molecule has 2 N–H and O–H groups in total. The van der Waals surface area contributed by atoms with Gasteiger partial charge in [-0.2, -0.15) is 0 Å². The second kappa shape index (κ2) is 8.63. The number of carbonyl (C=O) groups is 1. The Morgan fingerprint density at radius 2 is 1.81 bits per heavy atom. The molecule has 0 atom stereocenters. The third-order valence-electron chi connectivity index (χ3n) is 5.51. The number of hydrogen-bond acceptors (Lipinski definition) is 5. The van der Waals surface area contributed by atoms with Gasteiger partial charge in [-0.3, -0.25) is 9.69 Å².